The molecule has 3 rings (SSSR count). The number of anilines is 3. The topological polar surface area (TPSA) is 50.9 Å². The van der Waals surface area contributed by atoms with Gasteiger partial charge in [-0.2, -0.15) is 0 Å². The average Bonchev–Trinajstić information content (AvgIpc) is 2.41. The van der Waals surface area contributed by atoms with Crippen molar-refractivity contribution >= 4 is 28.0 Å². The molecule has 4 heteroatoms. The maximum Gasteiger partial charge on any atom is 0.138 e. The predicted octanol–water partition coefficient (Wildman–Crippen LogP) is 3.70. The summed E-state index contributed by atoms with van der Waals surface area (Å²) in [7, 11) is 0. The Hall–Kier alpha value is -2.62. The molecule has 0 saturated carbocycles. The minimum atomic E-state index is -0.367. The molecule has 0 bridgehead atoms. The average molecular weight is 253 g/mol. The third kappa shape index (κ3) is 2.20. The Bertz CT molecular complexity index is 726. The summed E-state index contributed by atoms with van der Waals surface area (Å²) in [6.45, 7) is 0. The van der Waals surface area contributed by atoms with Gasteiger partial charge in [-0.25, -0.2) is 9.37 Å². The summed E-state index contributed by atoms with van der Waals surface area (Å²) in [5, 5.41) is 4.63. The van der Waals surface area contributed by atoms with Crippen LogP contribution in [0.15, 0.2) is 54.7 Å². The smallest absolute Gasteiger partial charge is 0.138 e. The van der Waals surface area contributed by atoms with E-state index in [2.05, 4.69) is 10.3 Å². The Labute approximate surface area is 109 Å². The van der Waals surface area contributed by atoms with Gasteiger partial charge in [0, 0.05) is 28.3 Å². The normalized spacial score (nSPS) is 10.6. The number of hydrogen-bond acceptors (Lipinski definition) is 3. The lowest BCUT2D eigenvalue weighted by Crippen LogP contribution is -1.97. The number of aromatic nitrogens is 1. The van der Waals surface area contributed by atoms with E-state index in [-0.39, 0.29) is 5.82 Å². The highest BCUT2D eigenvalue weighted by Crippen LogP contribution is 2.28. The summed E-state index contributed by atoms with van der Waals surface area (Å²) in [4.78, 5) is 4.25. The van der Waals surface area contributed by atoms with Crippen LogP contribution in [0, 0.1) is 5.82 Å². The molecular formula is C15H12FN3. The van der Waals surface area contributed by atoms with Gasteiger partial charge in [0.2, 0.25) is 0 Å². The van der Waals surface area contributed by atoms with Crippen molar-refractivity contribution in [2.45, 2.75) is 0 Å². The van der Waals surface area contributed by atoms with Crippen LogP contribution in [0.1, 0.15) is 0 Å². The number of nitrogens with two attached hydrogens (primary N) is 1. The van der Waals surface area contributed by atoms with Gasteiger partial charge in [0.15, 0.2) is 0 Å². The van der Waals surface area contributed by atoms with Crippen LogP contribution in [0.3, 0.4) is 0 Å². The number of rotatable bonds is 2. The molecule has 0 aliphatic carbocycles. The summed E-state index contributed by atoms with van der Waals surface area (Å²) in [6.07, 6.45) is 1.65. The number of para-hydroxylation sites is 1. The largest absolute Gasteiger partial charge is 0.398 e. The molecule has 0 spiro atoms. The first kappa shape index (κ1) is 11.5. The minimum absolute atomic E-state index is 0.367. The van der Waals surface area contributed by atoms with Gasteiger partial charge < -0.3 is 11.1 Å². The van der Waals surface area contributed by atoms with Crippen molar-refractivity contribution in [3.8, 4) is 0 Å². The van der Waals surface area contributed by atoms with E-state index < -0.39 is 0 Å². The van der Waals surface area contributed by atoms with Crippen LogP contribution in [-0.4, -0.2) is 4.98 Å². The first-order chi connectivity index (χ1) is 9.24. The zero-order chi connectivity index (χ0) is 13.2. The van der Waals surface area contributed by atoms with Gasteiger partial charge in [-0.05, 0) is 30.3 Å². The molecule has 0 unspecified atom stereocenters. The van der Waals surface area contributed by atoms with Crippen LogP contribution in [0.2, 0.25) is 0 Å². The van der Waals surface area contributed by atoms with E-state index in [1.54, 1.807) is 12.3 Å². The van der Waals surface area contributed by atoms with E-state index in [9.17, 15) is 4.39 Å². The van der Waals surface area contributed by atoms with Crippen molar-refractivity contribution < 1.29 is 4.39 Å². The number of hydrogen-bond donors (Lipinski definition) is 2. The van der Waals surface area contributed by atoms with Gasteiger partial charge in [0.05, 0.1) is 0 Å². The molecular weight excluding hydrogens is 241 g/mol. The van der Waals surface area contributed by atoms with Crippen LogP contribution in [-0.2, 0) is 0 Å². The molecule has 0 aliphatic rings. The highest BCUT2D eigenvalue weighted by molar-refractivity contribution is 6.00. The van der Waals surface area contributed by atoms with Crippen LogP contribution in [0.4, 0.5) is 21.6 Å². The number of halogens is 1. The Morgan fingerprint density at radius 3 is 2.58 bits per heavy atom. The van der Waals surface area contributed by atoms with E-state index in [4.69, 9.17) is 5.73 Å². The maximum atomic E-state index is 13.5. The fourth-order valence-electron chi connectivity index (χ4n) is 2.03. The zero-order valence-electron chi connectivity index (χ0n) is 10.1. The highest BCUT2D eigenvalue weighted by atomic mass is 19.1. The van der Waals surface area contributed by atoms with Crippen LogP contribution in [0.25, 0.3) is 10.8 Å². The molecule has 1 aromatic heterocycles. The van der Waals surface area contributed by atoms with E-state index in [0.717, 1.165) is 11.1 Å². The second kappa shape index (κ2) is 4.57. The Morgan fingerprint density at radius 1 is 1.00 bits per heavy atom. The molecule has 0 aliphatic heterocycles. The number of benzene rings is 2. The number of nitrogen functional groups attached to an aromatic ring is 1. The third-order valence-electron chi connectivity index (χ3n) is 2.91. The van der Waals surface area contributed by atoms with Crippen molar-refractivity contribution in [1.82, 2.24) is 4.98 Å². The van der Waals surface area contributed by atoms with Gasteiger partial charge >= 0.3 is 0 Å². The Kier molecular flexibility index (Phi) is 2.76. The van der Waals surface area contributed by atoms with Crippen molar-refractivity contribution in [2.75, 3.05) is 11.1 Å². The fourth-order valence-corrected chi connectivity index (χ4v) is 2.03. The molecule has 3 aromatic rings. The van der Waals surface area contributed by atoms with Gasteiger partial charge in [-0.15, -0.1) is 0 Å². The van der Waals surface area contributed by atoms with Crippen molar-refractivity contribution in [1.29, 1.82) is 0 Å². The summed E-state index contributed by atoms with van der Waals surface area (Å²) in [5.41, 5.74) is 7.13. The molecule has 0 atom stereocenters. The quantitative estimate of drug-likeness (QED) is 0.685. The second-order valence-electron chi connectivity index (χ2n) is 4.24. The molecule has 1 heterocycles. The highest BCUT2D eigenvalue weighted by Gasteiger charge is 2.07. The first-order valence-corrected chi connectivity index (χ1v) is 5.90. The number of pyridine rings is 1. The molecule has 0 saturated heterocycles. The van der Waals surface area contributed by atoms with E-state index in [0.29, 0.717) is 16.9 Å². The molecule has 3 N–H and O–H groups in total. The third-order valence-corrected chi connectivity index (χ3v) is 2.91. The Balaban J connectivity index is 2.14. The lowest BCUT2D eigenvalue weighted by molar-refractivity contribution is 0.630. The number of nitrogens with one attached hydrogen (secondary N) is 1. The zero-order valence-corrected chi connectivity index (χ0v) is 10.1. The molecule has 0 radical (unpaired) electrons. The maximum absolute atomic E-state index is 13.5. The Morgan fingerprint density at radius 2 is 1.79 bits per heavy atom. The van der Waals surface area contributed by atoms with Crippen molar-refractivity contribution in [3.05, 3.63) is 60.5 Å². The fraction of sp³-hybridized carbons (Fsp3) is 0. The molecule has 0 amide bonds. The summed E-state index contributed by atoms with van der Waals surface area (Å²) in [6, 6.07) is 14.1. The lowest BCUT2D eigenvalue weighted by atomic mass is 10.1. The number of fused-ring (bicyclic) bond motifs is 1. The summed E-state index contributed by atoms with van der Waals surface area (Å²) in [5.74, 6) is 0.226. The van der Waals surface area contributed by atoms with Gasteiger partial charge in [0.25, 0.3) is 0 Å². The minimum Gasteiger partial charge on any atom is -0.398 e. The molecule has 19 heavy (non-hydrogen) atoms. The van der Waals surface area contributed by atoms with Crippen molar-refractivity contribution in [3.63, 3.8) is 0 Å². The molecule has 3 nitrogen and oxygen atoms in total. The van der Waals surface area contributed by atoms with Crippen LogP contribution < -0.4 is 11.1 Å². The monoisotopic (exact) mass is 253 g/mol. The molecule has 0 fully saturated rings. The first-order valence-electron chi connectivity index (χ1n) is 5.90. The van der Waals surface area contributed by atoms with Gasteiger partial charge in [-0.3, -0.25) is 0 Å². The standard InChI is InChI=1S/C15H12FN3/c16-10-8-13-12(14(17)9-10)6-7-18-15(13)19-11-4-2-1-3-5-11/h1-9H,17H2,(H,18,19). The number of nitrogens with zero attached hydrogens (tertiary/aromatic N) is 1. The molecule has 94 valence electrons. The summed E-state index contributed by atoms with van der Waals surface area (Å²) >= 11 is 0. The second-order valence-corrected chi connectivity index (χ2v) is 4.24. The van der Waals surface area contributed by atoms with Gasteiger partial charge in [0.1, 0.15) is 11.6 Å². The van der Waals surface area contributed by atoms with Gasteiger partial charge in [-0.1, -0.05) is 18.2 Å². The predicted molar refractivity (Wildman–Crippen MR) is 75.8 cm³/mol. The summed E-state index contributed by atoms with van der Waals surface area (Å²) < 4.78 is 13.5. The van der Waals surface area contributed by atoms with Crippen molar-refractivity contribution in [2.24, 2.45) is 0 Å². The van der Waals surface area contributed by atoms with Crippen LogP contribution in [0.5, 0.6) is 0 Å². The van der Waals surface area contributed by atoms with E-state index >= 15 is 0 Å². The lowest BCUT2D eigenvalue weighted by Gasteiger charge is -2.10. The van der Waals surface area contributed by atoms with Crippen LogP contribution >= 0.6 is 0 Å². The SMILES string of the molecule is Nc1cc(F)cc2c(Nc3ccccc3)nccc12. The van der Waals surface area contributed by atoms with E-state index in [1.807, 2.05) is 30.3 Å². The molecule has 2 aromatic carbocycles. The van der Waals surface area contributed by atoms with E-state index in [1.165, 1.54) is 12.1 Å².